The molecule has 7 heteroatoms. The maximum atomic E-state index is 12.4. The quantitative estimate of drug-likeness (QED) is 0.850. The average Bonchev–Trinajstić information content (AvgIpc) is 3.13. The van der Waals surface area contributed by atoms with Gasteiger partial charge in [0.25, 0.3) is 5.91 Å². The van der Waals surface area contributed by atoms with Crippen molar-refractivity contribution in [2.24, 2.45) is 0 Å². The van der Waals surface area contributed by atoms with Crippen molar-refractivity contribution in [2.45, 2.75) is 46.2 Å². The van der Waals surface area contributed by atoms with Gasteiger partial charge in [0, 0.05) is 5.92 Å². The molecule has 0 aliphatic heterocycles. The summed E-state index contributed by atoms with van der Waals surface area (Å²) < 4.78 is 10.3. The second-order valence-corrected chi connectivity index (χ2v) is 5.65. The minimum Gasteiger partial charge on any atom is -0.467 e. The van der Waals surface area contributed by atoms with Gasteiger partial charge in [-0.3, -0.25) is 9.59 Å². The number of aryl methyl sites for hydroxylation is 1. The molecule has 0 aliphatic carbocycles. The Morgan fingerprint density at radius 3 is 2.65 bits per heavy atom. The molecule has 2 aromatic rings. The van der Waals surface area contributed by atoms with E-state index < -0.39 is 6.04 Å². The second-order valence-electron chi connectivity index (χ2n) is 5.65. The van der Waals surface area contributed by atoms with Crippen LogP contribution in [0.5, 0.6) is 0 Å². The van der Waals surface area contributed by atoms with Crippen LogP contribution in [0, 0.1) is 6.92 Å². The molecule has 0 saturated heterocycles. The zero-order valence-corrected chi connectivity index (χ0v) is 13.7. The molecule has 0 spiro atoms. The lowest BCUT2D eigenvalue weighted by molar-refractivity contribution is -0.122. The fourth-order valence-electron chi connectivity index (χ4n) is 2.13. The molecule has 2 rings (SSSR count). The molecule has 2 N–H and O–H groups in total. The molecule has 0 unspecified atom stereocenters. The van der Waals surface area contributed by atoms with Gasteiger partial charge < -0.3 is 19.6 Å². The van der Waals surface area contributed by atoms with E-state index in [9.17, 15) is 9.59 Å². The highest BCUT2D eigenvalue weighted by Crippen LogP contribution is 2.22. The molecular formula is C16H21N3O4. The van der Waals surface area contributed by atoms with E-state index in [1.54, 1.807) is 26.0 Å². The number of rotatable bonds is 6. The summed E-state index contributed by atoms with van der Waals surface area (Å²) in [7, 11) is 0. The number of nitrogens with one attached hydrogen (secondary N) is 2. The van der Waals surface area contributed by atoms with Gasteiger partial charge in [-0.25, -0.2) is 0 Å². The Hall–Kier alpha value is -2.57. The first-order valence-corrected chi connectivity index (χ1v) is 7.47. The molecule has 2 aromatic heterocycles. The molecule has 124 valence electrons. The number of carbonyl (C=O) groups is 2. The second kappa shape index (κ2) is 7.13. The molecule has 0 fully saturated rings. The van der Waals surface area contributed by atoms with Crippen LogP contribution in [-0.2, 0) is 11.3 Å². The highest BCUT2D eigenvalue weighted by atomic mass is 16.5. The lowest BCUT2D eigenvalue weighted by Gasteiger charge is -2.14. The van der Waals surface area contributed by atoms with Crippen LogP contribution in [0.25, 0.3) is 0 Å². The van der Waals surface area contributed by atoms with Crippen molar-refractivity contribution >= 4 is 11.8 Å². The van der Waals surface area contributed by atoms with Crippen LogP contribution in [0.1, 0.15) is 54.3 Å². The van der Waals surface area contributed by atoms with E-state index in [0.717, 1.165) is 0 Å². The van der Waals surface area contributed by atoms with Gasteiger partial charge in [-0.2, -0.15) is 0 Å². The van der Waals surface area contributed by atoms with Crippen LogP contribution in [0.3, 0.4) is 0 Å². The van der Waals surface area contributed by atoms with Gasteiger partial charge in [-0.1, -0.05) is 19.0 Å². The molecule has 2 amide bonds. The molecule has 2 heterocycles. The van der Waals surface area contributed by atoms with Crippen LogP contribution in [0.2, 0.25) is 0 Å². The van der Waals surface area contributed by atoms with Gasteiger partial charge in [0.05, 0.1) is 18.5 Å². The Balaban J connectivity index is 1.96. The molecule has 1 atom stereocenters. The fraction of sp³-hybridized carbons (Fsp3) is 0.438. The van der Waals surface area contributed by atoms with E-state index in [1.165, 1.54) is 6.26 Å². The van der Waals surface area contributed by atoms with Crippen LogP contribution >= 0.6 is 0 Å². The van der Waals surface area contributed by atoms with Crippen LogP contribution in [0.15, 0.2) is 27.3 Å². The highest BCUT2D eigenvalue weighted by molar-refractivity contribution is 5.99. The molecule has 23 heavy (non-hydrogen) atoms. The Morgan fingerprint density at radius 1 is 1.30 bits per heavy atom. The summed E-state index contributed by atoms with van der Waals surface area (Å²) in [5.41, 5.74) is 0.903. The van der Waals surface area contributed by atoms with Crippen LogP contribution in [0.4, 0.5) is 0 Å². The average molecular weight is 319 g/mol. The number of carbonyl (C=O) groups excluding carboxylic acids is 2. The van der Waals surface area contributed by atoms with Gasteiger partial charge in [0.15, 0.2) is 5.76 Å². The van der Waals surface area contributed by atoms with Crippen molar-refractivity contribution in [3.8, 4) is 0 Å². The van der Waals surface area contributed by atoms with Crippen molar-refractivity contribution in [3.05, 3.63) is 41.2 Å². The summed E-state index contributed by atoms with van der Waals surface area (Å²) >= 11 is 0. The van der Waals surface area contributed by atoms with Gasteiger partial charge in [-0.05, 0) is 26.0 Å². The zero-order valence-electron chi connectivity index (χ0n) is 13.7. The molecule has 0 radical (unpaired) electrons. The predicted octanol–water partition coefficient (Wildman–Crippen LogP) is 2.13. The fourth-order valence-corrected chi connectivity index (χ4v) is 2.13. The van der Waals surface area contributed by atoms with Gasteiger partial charge in [0.1, 0.15) is 17.4 Å². The smallest absolute Gasteiger partial charge is 0.257 e. The summed E-state index contributed by atoms with van der Waals surface area (Å²) in [4.78, 5) is 24.4. The maximum absolute atomic E-state index is 12.4. The number of hydrogen-bond acceptors (Lipinski definition) is 5. The summed E-state index contributed by atoms with van der Waals surface area (Å²) in [5, 5.41) is 9.20. The SMILES string of the molecule is Cc1noc(C(C)C)c1C(=O)N[C@H](C)C(=O)NCc1ccco1. The molecule has 0 bridgehead atoms. The monoisotopic (exact) mass is 319 g/mol. The lowest BCUT2D eigenvalue weighted by Crippen LogP contribution is -2.44. The van der Waals surface area contributed by atoms with Crippen molar-refractivity contribution in [1.82, 2.24) is 15.8 Å². The topological polar surface area (TPSA) is 97.4 Å². The number of aromatic nitrogens is 1. The highest BCUT2D eigenvalue weighted by Gasteiger charge is 2.25. The van der Waals surface area contributed by atoms with Crippen molar-refractivity contribution in [3.63, 3.8) is 0 Å². The Bertz CT molecular complexity index is 674. The largest absolute Gasteiger partial charge is 0.467 e. The first-order chi connectivity index (χ1) is 10.9. The minimum absolute atomic E-state index is 0.0278. The molecule has 0 aromatic carbocycles. The Kier molecular flexibility index (Phi) is 5.20. The third-order valence-corrected chi connectivity index (χ3v) is 3.40. The first-order valence-electron chi connectivity index (χ1n) is 7.47. The molecule has 0 saturated carbocycles. The minimum atomic E-state index is -0.688. The number of amides is 2. The van der Waals surface area contributed by atoms with Crippen molar-refractivity contribution in [1.29, 1.82) is 0 Å². The zero-order chi connectivity index (χ0) is 17.0. The third kappa shape index (κ3) is 4.00. The number of nitrogens with zero attached hydrogens (tertiary/aromatic N) is 1. The predicted molar refractivity (Wildman–Crippen MR) is 82.8 cm³/mol. The Morgan fingerprint density at radius 2 is 2.04 bits per heavy atom. The Labute approximate surface area is 134 Å². The molecule has 0 aliphatic rings. The molecule has 7 nitrogen and oxygen atoms in total. The van der Waals surface area contributed by atoms with E-state index in [1.807, 2.05) is 13.8 Å². The van der Waals surface area contributed by atoms with E-state index in [4.69, 9.17) is 8.94 Å². The van der Waals surface area contributed by atoms with Crippen molar-refractivity contribution < 1.29 is 18.5 Å². The normalized spacial score (nSPS) is 12.2. The summed E-state index contributed by atoms with van der Waals surface area (Å²) in [6.07, 6.45) is 1.54. The lowest BCUT2D eigenvalue weighted by atomic mass is 10.0. The number of furan rings is 1. The van der Waals surface area contributed by atoms with Crippen LogP contribution in [-0.4, -0.2) is 23.0 Å². The van der Waals surface area contributed by atoms with Crippen LogP contribution < -0.4 is 10.6 Å². The van der Waals surface area contributed by atoms with E-state index >= 15 is 0 Å². The maximum Gasteiger partial charge on any atom is 0.257 e. The van der Waals surface area contributed by atoms with Crippen molar-refractivity contribution in [2.75, 3.05) is 0 Å². The van der Waals surface area contributed by atoms with E-state index in [2.05, 4.69) is 15.8 Å². The molecular weight excluding hydrogens is 298 g/mol. The summed E-state index contributed by atoms with van der Waals surface area (Å²) in [6.45, 7) is 7.42. The van der Waals surface area contributed by atoms with E-state index in [-0.39, 0.29) is 24.3 Å². The van der Waals surface area contributed by atoms with Gasteiger partial charge in [0.2, 0.25) is 5.91 Å². The van der Waals surface area contributed by atoms with Gasteiger partial charge in [-0.15, -0.1) is 0 Å². The third-order valence-electron chi connectivity index (χ3n) is 3.40. The summed E-state index contributed by atoms with van der Waals surface area (Å²) in [5.74, 6) is 0.528. The number of hydrogen-bond donors (Lipinski definition) is 2. The summed E-state index contributed by atoms with van der Waals surface area (Å²) in [6, 6.07) is 2.82. The first kappa shape index (κ1) is 16.8. The van der Waals surface area contributed by atoms with Gasteiger partial charge >= 0.3 is 0 Å². The standard InChI is InChI=1S/C16H21N3O4/c1-9(2)14-13(10(3)19-23-14)16(21)18-11(4)15(20)17-8-12-6-5-7-22-12/h5-7,9,11H,8H2,1-4H3,(H,17,20)(H,18,21)/t11-/m1/s1. The van der Waals surface area contributed by atoms with E-state index in [0.29, 0.717) is 22.8 Å².